The maximum absolute atomic E-state index is 12.6. The molecule has 0 aliphatic carbocycles. The molecule has 0 bridgehead atoms. The lowest BCUT2D eigenvalue weighted by Crippen LogP contribution is -2.29. The second-order valence-electron chi connectivity index (χ2n) is 5.97. The summed E-state index contributed by atoms with van der Waals surface area (Å²) < 4.78 is 1.71. The van der Waals surface area contributed by atoms with Crippen molar-refractivity contribution < 1.29 is 4.79 Å². The van der Waals surface area contributed by atoms with Gasteiger partial charge in [0.15, 0.2) is 0 Å². The van der Waals surface area contributed by atoms with Crippen molar-refractivity contribution in [2.75, 3.05) is 23.3 Å². The summed E-state index contributed by atoms with van der Waals surface area (Å²) in [5.41, 5.74) is 1.62. The Hall–Kier alpha value is -2.37. The summed E-state index contributed by atoms with van der Waals surface area (Å²) in [5, 5.41) is 7.26. The van der Waals surface area contributed by atoms with Gasteiger partial charge in [0.1, 0.15) is 5.82 Å². The molecule has 6 heteroatoms. The lowest BCUT2D eigenvalue weighted by Gasteiger charge is -2.16. The standard InChI is InChI=1S/C16H21N5O/c1-11-8-21(15-6-4-5-7-17-15)9-13(11)16(22)18-14-10-20(3)19-12(14)2/h4-7,10-11,13H,8-9H2,1-3H3,(H,18,22)/t11-,13-/m1/s1. The minimum Gasteiger partial charge on any atom is -0.356 e. The molecule has 22 heavy (non-hydrogen) atoms. The zero-order chi connectivity index (χ0) is 15.7. The number of nitrogens with one attached hydrogen (secondary N) is 1. The Balaban J connectivity index is 1.70. The van der Waals surface area contributed by atoms with Gasteiger partial charge in [-0.25, -0.2) is 4.98 Å². The monoisotopic (exact) mass is 299 g/mol. The Labute approximate surface area is 130 Å². The van der Waals surface area contributed by atoms with E-state index < -0.39 is 0 Å². The Morgan fingerprint density at radius 2 is 2.18 bits per heavy atom. The summed E-state index contributed by atoms with van der Waals surface area (Å²) in [6.07, 6.45) is 3.62. The van der Waals surface area contributed by atoms with Crippen molar-refractivity contribution in [3.8, 4) is 0 Å². The van der Waals surface area contributed by atoms with E-state index in [1.807, 2.05) is 38.4 Å². The van der Waals surface area contributed by atoms with Gasteiger partial charge in [-0.05, 0) is 25.0 Å². The molecular weight excluding hydrogens is 278 g/mol. The second kappa shape index (κ2) is 5.79. The van der Waals surface area contributed by atoms with Gasteiger partial charge >= 0.3 is 0 Å². The van der Waals surface area contributed by atoms with Gasteiger partial charge in [-0.15, -0.1) is 0 Å². The number of aromatic nitrogens is 3. The van der Waals surface area contributed by atoms with Crippen LogP contribution >= 0.6 is 0 Å². The van der Waals surface area contributed by atoms with Gasteiger partial charge in [-0.1, -0.05) is 13.0 Å². The summed E-state index contributed by atoms with van der Waals surface area (Å²) in [6, 6.07) is 5.86. The number of rotatable bonds is 3. The smallest absolute Gasteiger partial charge is 0.229 e. The number of carbonyl (C=O) groups excluding carboxylic acids is 1. The van der Waals surface area contributed by atoms with E-state index in [0.29, 0.717) is 12.5 Å². The lowest BCUT2D eigenvalue weighted by atomic mass is 9.97. The second-order valence-corrected chi connectivity index (χ2v) is 5.97. The van der Waals surface area contributed by atoms with Crippen LogP contribution < -0.4 is 10.2 Å². The third-order valence-corrected chi connectivity index (χ3v) is 4.19. The van der Waals surface area contributed by atoms with E-state index in [-0.39, 0.29) is 11.8 Å². The molecule has 1 amide bonds. The highest BCUT2D eigenvalue weighted by molar-refractivity contribution is 5.93. The van der Waals surface area contributed by atoms with E-state index >= 15 is 0 Å². The topological polar surface area (TPSA) is 63.1 Å². The van der Waals surface area contributed by atoms with Crippen LogP contribution in [0.3, 0.4) is 0 Å². The number of carbonyl (C=O) groups is 1. The average Bonchev–Trinajstić information content (AvgIpc) is 3.03. The average molecular weight is 299 g/mol. The number of amides is 1. The molecule has 0 radical (unpaired) electrons. The number of pyridine rings is 1. The SMILES string of the molecule is Cc1nn(C)cc1NC(=O)[C@@H]1CN(c2ccccn2)C[C@H]1C. The quantitative estimate of drug-likeness (QED) is 0.939. The Morgan fingerprint density at radius 3 is 2.82 bits per heavy atom. The van der Waals surface area contributed by atoms with Gasteiger partial charge in [-0.3, -0.25) is 9.48 Å². The minimum absolute atomic E-state index is 0.0402. The highest BCUT2D eigenvalue weighted by Gasteiger charge is 2.35. The van der Waals surface area contributed by atoms with Gasteiger partial charge in [0.25, 0.3) is 0 Å². The Kier molecular flexibility index (Phi) is 3.83. The van der Waals surface area contributed by atoms with Crippen LogP contribution in [0.2, 0.25) is 0 Å². The van der Waals surface area contributed by atoms with Crippen molar-refractivity contribution in [3.63, 3.8) is 0 Å². The summed E-state index contributed by atoms with van der Waals surface area (Å²) in [7, 11) is 1.85. The fourth-order valence-electron chi connectivity index (χ4n) is 2.98. The molecule has 0 saturated carbocycles. The summed E-state index contributed by atoms with van der Waals surface area (Å²) >= 11 is 0. The molecule has 1 fully saturated rings. The molecule has 1 aliphatic heterocycles. The van der Waals surface area contributed by atoms with Crippen molar-refractivity contribution >= 4 is 17.4 Å². The predicted molar refractivity (Wildman–Crippen MR) is 85.7 cm³/mol. The van der Waals surface area contributed by atoms with Crippen LogP contribution in [0, 0.1) is 18.8 Å². The van der Waals surface area contributed by atoms with E-state index in [4.69, 9.17) is 0 Å². The van der Waals surface area contributed by atoms with Crippen LogP contribution in [-0.2, 0) is 11.8 Å². The van der Waals surface area contributed by atoms with Gasteiger partial charge in [-0.2, -0.15) is 5.10 Å². The molecule has 6 nitrogen and oxygen atoms in total. The number of nitrogens with zero attached hydrogens (tertiary/aromatic N) is 4. The third kappa shape index (κ3) is 2.81. The number of hydrogen-bond acceptors (Lipinski definition) is 4. The number of aryl methyl sites for hydroxylation is 2. The third-order valence-electron chi connectivity index (χ3n) is 4.19. The van der Waals surface area contributed by atoms with Crippen molar-refractivity contribution in [1.29, 1.82) is 0 Å². The zero-order valence-electron chi connectivity index (χ0n) is 13.2. The van der Waals surface area contributed by atoms with Crippen LogP contribution in [0.25, 0.3) is 0 Å². The molecule has 116 valence electrons. The van der Waals surface area contributed by atoms with Gasteiger partial charge in [0.2, 0.25) is 5.91 Å². The first kappa shape index (κ1) is 14.6. The fourth-order valence-corrected chi connectivity index (χ4v) is 2.98. The van der Waals surface area contributed by atoms with E-state index in [1.54, 1.807) is 10.9 Å². The Bertz CT molecular complexity index is 666. The number of anilines is 2. The minimum atomic E-state index is -0.0402. The van der Waals surface area contributed by atoms with E-state index in [0.717, 1.165) is 23.7 Å². The maximum Gasteiger partial charge on any atom is 0.229 e. The summed E-state index contributed by atoms with van der Waals surface area (Å²) in [4.78, 5) is 19.1. The van der Waals surface area contributed by atoms with Crippen molar-refractivity contribution in [2.45, 2.75) is 13.8 Å². The van der Waals surface area contributed by atoms with Crippen molar-refractivity contribution in [3.05, 3.63) is 36.3 Å². The molecule has 0 aromatic carbocycles. The van der Waals surface area contributed by atoms with E-state index in [9.17, 15) is 4.79 Å². The molecule has 3 heterocycles. The molecule has 3 rings (SSSR count). The lowest BCUT2D eigenvalue weighted by molar-refractivity contribution is -0.120. The van der Waals surface area contributed by atoms with E-state index in [1.165, 1.54) is 0 Å². The zero-order valence-corrected chi connectivity index (χ0v) is 13.2. The first-order valence-electron chi connectivity index (χ1n) is 7.51. The first-order chi connectivity index (χ1) is 10.5. The van der Waals surface area contributed by atoms with Crippen LogP contribution in [0.4, 0.5) is 11.5 Å². The highest BCUT2D eigenvalue weighted by atomic mass is 16.2. The molecule has 1 N–H and O–H groups in total. The summed E-state index contributed by atoms with van der Waals surface area (Å²) in [6.45, 7) is 5.56. The van der Waals surface area contributed by atoms with E-state index in [2.05, 4.69) is 27.2 Å². The molecule has 0 unspecified atom stereocenters. The normalized spacial score (nSPS) is 21.1. The van der Waals surface area contributed by atoms with Crippen LogP contribution in [0.5, 0.6) is 0 Å². The Morgan fingerprint density at radius 1 is 1.36 bits per heavy atom. The van der Waals surface area contributed by atoms with Crippen LogP contribution in [0.1, 0.15) is 12.6 Å². The first-order valence-corrected chi connectivity index (χ1v) is 7.51. The molecule has 1 aliphatic rings. The fraction of sp³-hybridized carbons (Fsp3) is 0.438. The largest absolute Gasteiger partial charge is 0.356 e. The van der Waals surface area contributed by atoms with Gasteiger partial charge < -0.3 is 10.2 Å². The predicted octanol–water partition coefficient (Wildman–Crippen LogP) is 1.83. The molecule has 1 saturated heterocycles. The molecule has 2 aromatic heterocycles. The van der Waals surface area contributed by atoms with Crippen LogP contribution in [0.15, 0.2) is 30.6 Å². The summed E-state index contributed by atoms with van der Waals surface area (Å²) in [5.74, 6) is 1.24. The highest BCUT2D eigenvalue weighted by Crippen LogP contribution is 2.28. The van der Waals surface area contributed by atoms with Crippen molar-refractivity contribution in [1.82, 2.24) is 14.8 Å². The number of hydrogen-bond donors (Lipinski definition) is 1. The van der Waals surface area contributed by atoms with Gasteiger partial charge in [0.05, 0.1) is 17.3 Å². The van der Waals surface area contributed by atoms with Crippen molar-refractivity contribution in [2.24, 2.45) is 18.9 Å². The molecule has 2 atom stereocenters. The van der Waals surface area contributed by atoms with Gasteiger partial charge in [0, 0.05) is 32.5 Å². The molecular formula is C16H21N5O. The molecule has 0 spiro atoms. The molecule has 2 aromatic rings. The maximum atomic E-state index is 12.6. The van der Waals surface area contributed by atoms with Crippen LogP contribution in [-0.4, -0.2) is 33.8 Å².